The second-order valence-corrected chi connectivity index (χ2v) is 4.47. The molecule has 1 aromatic rings. The molecular weight excluding hydrogens is 230 g/mol. The maximum absolute atomic E-state index is 12.3. The Bertz CT molecular complexity index is 456. The van der Waals surface area contributed by atoms with Crippen molar-refractivity contribution in [2.24, 2.45) is 11.5 Å². The predicted octanol–water partition coefficient (Wildman–Crippen LogP) is 0.349. The average Bonchev–Trinajstić information content (AvgIpc) is 2.86. The van der Waals surface area contributed by atoms with Gasteiger partial charge in [0.25, 0.3) is 5.91 Å². The van der Waals surface area contributed by atoms with Crippen molar-refractivity contribution in [3.05, 3.63) is 35.4 Å². The highest BCUT2D eigenvalue weighted by atomic mass is 16.2. The van der Waals surface area contributed by atoms with Gasteiger partial charge in [0.1, 0.15) is 0 Å². The molecule has 1 unspecified atom stereocenters. The second kappa shape index (κ2) is 5.18. The Morgan fingerprint density at radius 2 is 1.83 bits per heavy atom. The summed E-state index contributed by atoms with van der Waals surface area (Å²) in [6, 6.07) is 6.54. The zero-order chi connectivity index (χ0) is 13.1. The van der Waals surface area contributed by atoms with Crippen molar-refractivity contribution in [1.29, 1.82) is 0 Å². The Morgan fingerprint density at radius 3 is 2.39 bits per heavy atom. The summed E-state index contributed by atoms with van der Waals surface area (Å²) in [4.78, 5) is 25.0. The number of nitrogens with zero attached hydrogens (tertiary/aromatic N) is 1. The van der Waals surface area contributed by atoms with Crippen LogP contribution in [0.4, 0.5) is 0 Å². The molecule has 1 saturated heterocycles. The van der Waals surface area contributed by atoms with Gasteiger partial charge < -0.3 is 16.4 Å². The maximum atomic E-state index is 12.3. The van der Waals surface area contributed by atoms with Gasteiger partial charge in [0.2, 0.25) is 5.91 Å². The van der Waals surface area contributed by atoms with Crippen LogP contribution >= 0.6 is 0 Å². The van der Waals surface area contributed by atoms with Gasteiger partial charge in [-0.05, 0) is 37.1 Å². The molecule has 5 heteroatoms. The van der Waals surface area contributed by atoms with Crippen LogP contribution in [-0.2, 0) is 0 Å². The van der Waals surface area contributed by atoms with Crippen LogP contribution in [0.25, 0.3) is 0 Å². The van der Waals surface area contributed by atoms with Crippen LogP contribution in [0.1, 0.15) is 33.6 Å². The van der Waals surface area contributed by atoms with Gasteiger partial charge in [0.15, 0.2) is 0 Å². The highest BCUT2D eigenvalue weighted by Crippen LogP contribution is 2.19. The molecule has 5 nitrogen and oxygen atoms in total. The molecule has 1 fully saturated rings. The Balaban J connectivity index is 2.16. The molecule has 0 aliphatic carbocycles. The first-order valence-electron chi connectivity index (χ1n) is 6.04. The molecule has 2 amide bonds. The van der Waals surface area contributed by atoms with E-state index in [4.69, 9.17) is 11.5 Å². The Hall–Kier alpha value is -1.88. The van der Waals surface area contributed by atoms with E-state index in [9.17, 15) is 9.59 Å². The fourth-order valence-corrected chi connectivity index (χ4v) is 2.29. The molecule has 1 aliphatic heterocycles. The van der Waals surface area contributed by atoms with Gasteiger partial charge in [-0.25, -0.2) is 0 Å². The standard InChI is InChI=1S/C13H17N3O2/c14-8-11-2-1-7-16(11)13(18)10-5-3-9(4-6-10)12(15)17/h3-6,11H,1-2,7-8,14H2,(H2,15,17). The van der Waals surface area contributed by atoms with Crippen molar-refractivity contribution >= 4 is 11.8 Å². The molecule has 4 N–H and O–H groups in total. The van der Waals surface area contributed by atoms with Crippen LogP contribution in [-0.4, -0.2) is 35.8 Å². The first-order valence-corrected chi connectivity index (χ1v) is 6.04. The Labute approximate surface area is 106 Å². The number of hydrogen-bond acceptors (Lipinski definition) is 3. The minimum Gasteiger partial charge on any atom is -0.366 e. The SMILES string of the molecule is NCC1CCCN1C(=O)c1ccc(C(N)=O)cc1. The summed E-state index contributed by atoms with van der Waals surface area (Å²) in [6.07, 6.45) is 1.95. The Kier molecular flexibility index (Phi) is 3.62. The maximum Gasteiger partial charge on any atom is 0.254 e. The first kappa shape index (κ1) is 12.6. The van der Waals surface area contributed by atoms with Crippen molar-refractivity contribution in [3.8, 4) is 0 Å². The van der Waals surface area contributed by atoms with Gasteiger partial charge in [-0.2, -0.15) is 0 Å². The topological polar surface area (TPSA) is 89.4 Å². The summed E-state index contributed by atoms with van der Waals surface area (Å²) in [5.41, 5.74) is 11.8. The number of hydrogen-bond donors (Lipinski definition) is 2. The van der Waals surface area contributed by atoms with Gasteiger partial charge in [-0.15, -0.1) is 0 Å². The minimum atomic E-state index is -0.491. The van der Waals surface area contributed by atoms with Crippen molar-refractivity contribution in [2.45, 2.75) is 18.9 Å². The zero-order valence-corrected chi connectivity index (χ0v) is 10.1. The molecule has 0 radical (unpaired) electrons. The molecule has 0 spiro atoms. The molecule has 18 heavy (non-hydrogen) atoms. The van der Waals surface area contributed by atoms with Crippen molar-refractivity contribution in [3.63, 3.8) is 0 Å². The fourth-order valence-electron chi connectivity index (χ4n) is 2.29. The number of likely N-dealkylation sites (tertiary alicyclic amines) is 1. The molecule has 2 rings (SSSR count). The van der Waals surface area contributed by atoms with Gasteiger partial charge >= 0.3 is 0 Å². The van der Waals surface area contributed by atoms with E-state index in [-0.39, 0.29) is 11.9 Å². The smallest absolute Gasteiger partial charge is 0.254 e. The van der Waals surface area contributed by atoms with Crippen LogP contribution in [0.2, 0.25) is 0 Å². The first-order chi connectivity index (χ1) is 8.63. The summed E-state index contributed by atoms with van der Waals surface area (Å²) in [5.74, 6) is -0.519. The molecule has 1 atom stereocenters. The lowest BCUT2D eigenvalue weighted by atomic mass is 10.1. The van der Waals surface area contributed by atoms with Crippen molar-refractivity contribution in [1.82, 2.24) is 4.90 Å². The van der Waals surface area contributed by atoms with E-state index in [0.29, 0.717) is 17.7 Å². The highest BCUT2D eigenvalue weighted by Gasteiger charge is 2.28. The van der Waals surface area contributed by atoms with Crippen molar-refractivity contribution < 1.29 is 9.59 Å². The van der Waals surface area contributed by atoms with Gasteiger partial charge in [0, 0.05) is 30.3 Å². The third-order valence-corrected chi connectivity index (χ3v) is 3.33. The van der Waals surface area contributed by atoms with E-state index in [0.717, 1.165) is 19.4 Å². The second-order valence-electron chi connectivity index (χ2n) is 4.47. The van der Waals surface area contributed by atoms with Crippen LogP contribution in [0, 0.1) is 0 Å². The summed E-state index contributed by atoms with van der Waals surface area (Å²) in [6.45, 7) is 1.24. The molecule has 1 aromatic carbocycles. The Morgan fingerprint density at radius 1 is 1.22 bits per heavy atom. The summed E-state index contributed by atoms with van der Waals surface area (Å²) in [7, 11) is 0. The summed E-state index contributed by atoms with van der Waals surface area (Å²) >= 11 is 0. The normalized spacial score (nSPS) is 18.9. The fraction of sp³-hybridized carbons (Fsp3) is 0.385. The molecular formula is C13H17N3O2. The van der Waals surface area contributed by atoms with Gasteiger partial charge in [-0.1, -0.05) is 0 Å². The zero-order valence-electron chi connectivity index (χ0n) is 10.1. The number of primary amides is 1. The third kappa shape index (κ3) is 2.36. The van der Waals surface area contributed by atoms with E-state index in [2.05, 4.69) is 0 Å². The number of rotatable bonds is 3. The van der Waals surface area contributed by atoms with Gasteiger partial charge in [0.05, 0.1) is 0 Å². The number of nitrogens with two attached hydrogens (primary N) is 2. The molecule has 96 valence electrons. The predicted molar refractivity (Wildman–Crippen MR) is 68.1 cm³/mol. The van der Waals surface area contributed by atoms with Crippen LogP contribution < -0.4 is 11.5 Å². The number of carbonyl (C=O) groups is 2. The van der Waals surface area contributed by atoms with E-state index in [1.807, 2.05) is 0 Å². The van der Waals surface area contributed by atoms with Crippen LogP contribution in [0.3, 0.4) is 0 Å². The summed E-state index contributed by atoms with van der Waals surface area (Å²) < 4.78 is 0. The number of carbonyl (C=O) groups excluding carboxylic acids is 2. The third-order valence-electron chi connectivity index (χ3n) is 3.33. The monoisotopic (exact) mass is 247 g/mol. The molecule has 1 heterocycles. The van der Waals surface area contributed by atoms with E-state index in [1.54, 1.807) is 29.2 Å². The van der Waals surface area contributed by atoms with Crippen LogP contribution in [0.15, 0.2) is 24.3 Å². The van der Waals surface area contributed by atoms with E-state index < -0.39 is 5.91 Å². The van der Waals surface area contributed by atoms with E-state index in [1.165, 1.54) is 0 Å². The largest absolute Gasteiger partial charge is 0.366 e. The van der Waals surface area contributed by atoms with Gasteiger partial charge in [-0.3, -0.25) is 9.59 Å². The van der Waals surface area contributed by atoms with Crippen molar-refractivity contribution in [2.75, 3.05) is 13.1 Å². The molecule has 0 bridgehead atoms. The average molecular weight is 247 g/mol. The number of amides is 2. The minimum absolute atomic E-state index is 0.0287. The van der Waals surface area contributed by atoms with E-state index >= 15 is 0 Å². The van der Waals surface area contributed by atoms with Crippen LogP contribution in [0.5, 0.6) is 0 Å². The quantitative estimate of drug-likeness (QED) is 0.807. The molecule has 0 saturated carbocycles. The lowest BCUT2D eigenvalue weighted by Gasteiger charge is -2.23. The lowest BCUT2D eigenvalue weighted by molar-refractivity contribution is 0.0740. The molecule has 0 aromatic heterocycles. The highest BCUT2D eigenvalue weighted by molar-refractivity contribution is 5.97. The summed E-state index contributed by atoms with van der Waals surface area (Å²) in [5, 5.41) is 0. The molecule has 1 aliphatic rings. The lowest BCUT2D eigenvalue weighted by Crippen LogP contribution is -2.39. The number of benzene rings is 1.